The smallest absolute Gasteiger partial charge is 0.245 e. The van der Waals surface area contributed by atoms with E-state index in [9.17, 15) is 13.2 Å². The molecule has 25 heavy (non-hydrogen) atoms. The van der Waals surface area contributed by atoms with Crippen LogP contribution in [0.25, 0.3) is 0 Å². The molecule has 0 aliphatic carbocycles. The fourth-order valence-electron chi connectivity index (χ4n) is 3.26. The topological polar surface area (TPSA) is 66.5 Å². The SMILES string of the molecule is Cc1cc(C)cc(N2CCC(NS(=O)(=O)c3ccccc3C)C2=O)c1. The second-order valence-electron chi connectivity index (χ2n) is 6.56. The summed E-state index contributed by atoms with van der Waals surface area (Å²) in [5, 5.41) is 0. The number of hydrogen-bond donors (Lipinski definition) is 1. The molecule has 1 aliphatic heterocycles. The molecule has 0 radical (unpaired) electrons. The standard InChI is InChI=1S/C19H22N2O3S/c1-13-10-14(2)12-16(11-13)21-9-8-17(19(21)22)20-25(23,24)18-7-5-4-6-15(18)3/h4-7,10-12,17,20H,8-9H2,1-3H3. The third kappa shape index (κ3) is 3.60. The maximum atomic E-state index is 12.7. The molecule has 1 N–H and O–H groups in total. The summed E-state index contributed by atoms with van der Waals surface area (Å²) < 4.78 is 27.8. The molecule has 5 nitrogen and oxygen atoms in total. The van der Waals surface area contributed by atoms with Crippen molar-refractivity contribution in [1.29, 1.82) is 0 Å². The van der Waals surface area contributed by atoms with E-state index >= 15 is 0 Å². The average Bonchev–Trinajstić information content (AvgIpc) is 2.87. The molecule has 3 rings (SSSR count). The Morgan fingerprint density at radius 1 is 1.04 bits per heavy atom. The molecular weight excluding hydrogens is 336 g/mol. The molecule has 2 aromatic rings. The summed E-state index contributed by atoms with van der Waals surface area (Å²) in [6, 6.07) is 12.0. The van der Waals surface area contributed by atoms with Crippen molar-refractivity contribution in [1.82, 2.24) is 4.72 Å². The monoisotopic (exact) mass is 358 g/mol. The van der Waals surface area contributed by atoms with E-state index in [2.05, 4.69) is 4.72 Å². The van der Waals surface area contributed by atoms with Gasteiger partial charge in [0.15, 0.2) is 0 Å². The van der Waals surface area contributed by atoms with E-state index in [1.165, 1.54) is 0 Å². The molecule has 0 saturated carbocycles. The molecule has 1 heterocycles. The number of hydrogen-bond acceptors (Lipinski definition) is 3. The van der Waals surface area contributed by atoms with Crippen LogP contribution in [0.2, 0.25) is 0 Å². The summed E-state index contributed by atoms with van der Waals surface area (Å²) in [7, 11) is -3.73. The highest BCUT2D eigenvalue weighted by Gasteiger charge is 2.36. The third-order valence-corrected chi connectivity index (χ3v) is 6.04. The van der Waals surface area contributed by atoms with E-state index in [4.69, 9.17) is 0 Å². The molecule has 1 atom stereocenters. The lowest BCUT2D eigenvalue weighted by molar-refractivity contribution is -0.118. The van der Waals surface area contributed by atoms with Gasteiger partial charge in [-0.25, -0.2) is 8.42 Å². The Labute approximate surface area is 148 Å². The molecule has 1 unspecified atom stereocenters. The Kier molecular flexibility index (Phi) is 4.67. The van der Waals surface area contributed by atoms with Gasteiger partial charge in [0.1, 0.15) is 6.04 Å². The number of aryl methyl sites for hydroxylation is 3. The number of carbonyl (C=O) groups excluding carboxylic acids is 1. The molecule has 1 amide bonds. The first-order chi connectivity index (χ1) is 11.8. The zero-order chi connectivity index (χ0) is 18.2. The highest BCUT2D eigenvalue weighted by molar-refractivity contribution is 7.89. The fourth-order valence-corrected chi connectivity index (χ4v) is 4.73. The first-order valence-corrected chi connectivity index (χ1v) is 9.74. The van der Waals surface area contributed by atoms with Gasteiger partial charge in [-0.1, -0.05) is 24.3 Å². The van der Waals surface area contributed by atoms with Gasteiger partial charge < -0.3 is 4.90 Å². The van der Waals surface area contributed by atoms with Gasteiger partial charge in [0.05, 0.1) is 4.90 Å². The second kappa shape index (κ2) is 6.61. The van der Waals surface area contributed by atoms with Gasteiger partial charge in [0.2, 0.25) is 15.9 Å². The van der Waals surface area contributed by atoms with Crippen LogP contribution in [0.4, 0.5) is 5.69 Å². The molecule has 0 bridgehead atoms. The highest BCUT2D eigenvalue weighted by Crippen LogP contribution is 2.25. The van der Waals surface area contributed by atoms with Crippen LogP contribution in [0.15, 0.2) is 47.4 Å². The molecule has 1 fully saturated rings. The number of carbonyl (C=O) groups is 1. The quantitative estimate of drug-likeness (QED) is 0.914. The zero-order valence-corrected chi connectivity index (χ0v) is 15.4. The Morgan fingerprint density at radius 2 is 1.68 bits per heavy atom. The minimum absolute atomic E-state index is 0.206. The van der Waals surface area contributed by atoms with E-state index in [0.29, 0.717) is 18.5 Å². The maximum absolute atomic E-state index is 12.7. The summed E-state index contributed by atoms with van der Waals surface area (Å²) in [6.45, 7) is 6.21. The summed E-state index contributed by atoms with van der Waals surface area (Å²) >= 11 is 0. The Morgan fingerprint density at radius 3 is 2.32 bits per heavy atom. The number of sulfonamides is 1. The van der Waals surface area contributed by atoms with E-state index in [1.807, 2.05) is 32.0 Å². The first-order valence-electron chi connectivity index (χ1n) is 8.25. The summed E-state index contributed by atoms with van der Waals surface area (Å²) in [5.41, 5.74) is 3.63. The van der Waals surface area contributed by atoms with Crippen molar-refractivity contribution in [2.45, 2.75) is 38.1 Å². The molecule has 0 aromatic heterocycles. The van der Waals surface area contributed by atoms with Crippen molar-refractivity contribution in [2.75, 3.05) is 11.4 Å². The average molecular weight is 358 g/mol. The minimum atomic E-state index is -3.73. The predicted molar refractivity (Wildman–Crippen MR) is 98.2 cm³/mol. The minimum Gasteiger partial charge on any atom is -0.311 e. The van der Waals surface area contributed by atoms with Crippen molar-refractivity contribution in [3.63, 3.8) is 0 Å². The number of nitrogens with one attached hydrogen (secondary N) is 1. The molecule has 1 saturated heterocycles. The van der Waals surface area contributed by atoms with E-state index in [0.717, 1.165) is 16.8 Å². The van der Waals surface area contributed by atoms with Gasteiger partial charge in [0, 0.05) is 12.2 Å². The van der Waals surface area contributed by atoms with Crippen LogP contribution < -0.4 is 9.62 Å². The molecular formula is C19H22N2O3S. The molecule has 132 valence electrons. The van der Waals surface area contributed by atoms with Gasteiger partial charge in [-0.15, -0.1) is 0 Å². The van der Waals surface area contributed by atoms with Crippen LogP contribution in [0.1, 0.15) is 23.1 Å². The van der Waals surface area contributed by atoms with Crippen LogP contribution >= 0.6 is 0 Å². The maximum Gasteiger partial charge on any atom is 0.245 e. The number of amides is 1. The van der Waals surface area contributed by atoms with Gasteiger partial charge >= 0.3 is 0 Å². The summed E-state index contributed by atoms with van der Waals surface area (Å²) in [4.78, 5) is 14.6. The molecule has 6 heteroatoms. The van der Waals surface area contributed by atoms with Gasteiger partial charge in [-0.05, 0) is 62.1 Å². The Balaban J connectivity index is 1.82. The van der Waals surface area contributed by atoms with Crippen LogP contribution in [0.3, 0.4) is 0 Å². The van der Waals surface area contributed by atoms with Crippen molar-refractivity contribution in [3.05, 3.63) is 59.2 Å². The molecule has 1 aliphatic rings. The second-order valence-corrected chi connectivity index (χ2v) is 8.25. The van der Waals surface area contributed by atoms with Crippen molar-refractivity contribution >= 4 is 21.6 Å². The Hall–Kier alpha value is -2.18. The van der Waals surface area contributed by atoms with Gasteiger partial charge in [0.25, 0.3) is 0 Å². The van der Waals surface area contributed by atoms with E-state index in [-0.39, 0.29) is 10.8 Å². The van der Waals surface area contributed by atoms with E-state index < -0.39 is 16.1 Å². The van der Waals surface area contributed by atoms with Gasteiger partial charge in [-0.2, -0.15) is 4.72 Å². The predicted octanol–water partition coefficient (Wildman–Crippen LogP) is 2.70. The first kappa shape index (κ1) is 17.6. The normalized spacial score (nSPS) is 18.0. The van der Waals surface area contributed by atoms with Crippen molar-refractivity contribution < 1.29 is 13.2 Å². The van der Waals surface area contributed by atoms with Crippen LogP contribution in [-0.4, -0.2) is 26.9 Å². The summed E-state index contributed by atoms with van der Waals surface area (Å²) in [6.07, 6.45) is 0.455. The number of benzene rings is 2. The van der Waals surface area contributed by atoms with Crippen molar-refractivity contribution in [3.8, 4) is 0 Å². The lowest BCUT2D eigenvalue weighted by Crippen LogP contribution is -2.41. The van der Waals surface area contributed by atoms with Gasteiger partial charge in [-0.3, -0.25) is 4.79 Å². The zero-order valence-electron chi connectivity index (χ0n) is 14.6. The van der Waals surface area contributed by atoms with Crippen LogP contribution in [0.5, 0.6) is 0 Å². The highest BCUT2D eigenvalue weighted by atomic mass is 32.2. The fraction of sp³-hybridized carbons (Fsp3) is 0.316. The largest absolute Gasteiger partial charge is 0.311 e. The number of anilines is 1. The van der Waals surface area contributed by atoms with Crippen LogP contribution in [0, 0.1) is 20.8 Å². The number of nitrogens with zero attached hydrogens (tertiary/aromatic N) is 1. The Bertz CT molecular complexity index is 902. The summed E-state index contributed by atoms with van der Waals surface area (Å²) in [5.74, 6) is -0.206. The molecule has 0 spiro atoms. The van der Waals surface area contributed by atoms with Crippen LogP contribution in [-0.2, 0) is 14.8 Å². The van der Waals surface area contributed by atoms with E-state index in [1.54, 1.807) is 36.1 Å². The lowest BCUT2D eigenvalue weighted by Gasteiger charge is -2.19. The third-order valence-electron chi connectivity index (χ3n) is 4.40. The van der Waals surface area contributed by atoms with Crippen molar-refractivity contribution in [2.24, 2.45) is 0 Å². The lowest BCUT2D eigenvalue weighted by atomic mass is 10.1. The number of rotatable bonds is 4. The molecule has 2 aromatic carbocycles.